The summed E-state index contributed by atoms with van der Waals surface area (Å²) in [6.45, 7) is 6.83. The van der Waals surface area contributed by atoms with Crippen LogP contribution in [0.5, 0.6) is 0 Å². The molecule has 0 aliphatic carbocycles. The summed E-state index contributed by atoms with van der Waals surface area (Å²) < 4.78 is 0. The highest BCUT2D eigenvalue weighted by molar-refractivity contribution is 5.83. The van der Waals surface area contributed by atoms with E-state index in [-0.39, 0.29) is 11.3 Å². The highest BCUT2D eigenvalue weighted by Crippen LogP contribution is 2.34. The van der Waals surface area contributed by atoms with Crippen LogP contribution in [0.4, 0.5) is 0 Å². The van der Waals surface area contributed by atoms with Gasteiger partial charge in [-0.3, -0.25) is 4.79 Å². The number of hydrogen-bond donors (Lipinski definition) is 2. The lowest BCUT2D eigenvalue weighted by Crippen LogP contribution is -2.46. The molecule has 1 fully saturated rings. The third-order valence-electron chi connectivity index (χ3n) is 4.52. The number of hydrogen-bond acceptors (Lipinski definition) is 2. The van der Waals surface area contributed by atoms with Gasteiger partial charge in [-0.2, -0.15) is 0 Å². The van der Waals surface area contributed by atoms with Crippen LogP contribution in [0, 0.1) is 11.3 Å². The summed E-state index contributed by atoms with van der Waals surface area (Å²) in [5.41, 5.74) is 1.13. The molecule has 0 spiro atoms. The van der Waals surface area contributed by atoms with Gasteiger partial charge in [0.15, 0.2) is 0 Å². The Kier molecular flexibility index (Phi) is 5.18. The van der Waals surface area contributed by atoms with Crippen LogP contribution in [0.1, 0.15) is 32.3 Å². The van der Waals surface area contributed by atoms with Gasteiger partial charge in [-0.05, 0) is 37.3 Å². The minimum Gasteiger partial charge on any atom is -0.356 e. The van der Waals surface area contributed by atoms with E-state index in [2.05, 4.69) is 48.7 Å². The lowest BCUT2D eigenvalue weighted by atomic mass is 9.75. The Morgan fingerprint density at radius 1 is 1.35 bits per heavy atom. The van der Waals surface area contributed by atoms with Gasteiger partial charge in [0.05, 0.1) is 5.41 Å². The van der Waals surface area contributed by atoms with E-state index >= 15 is 0 Å². The topological polar surface area (TPSA) is 41.1 Å². The van der Waals surface area contributed by atoms with Crippen molar-refractivity contribution < 1.29 is 4.79 Å². The Morgan fingerprint density at radius 3 is 2.70 bits per heavy atom. The first-order valence-corrected chi connectivity index (χ1v) is 7.68. The number of carbonyl (C=O) groups is 1. The third-order valence-corrected chi connectivity index (χ3v) is 4.52. The Morgan fingerprint density at radius 2 is 2.10 bits per heavy atom. The van der Waals surface area contributed by atoms with E-state index in [0.29, 0.717) is 5.92 Å². The van der Waals surface area contributed by atoms with Crippen LogP contribution < -0.4 is 10.6 Å². The normalized spacial score (nSPS) is 22.1. The van der Waals surface area contributed by atoms with Crippen LogP contribution in [0.15, 0.2) is 30.3 Å². The fourth-order valence-corrected chi connectivity index (χ4v) is 2.98. The summed E-state index contributed by atoms with van der Waals surface area (Å²) in [6.07, 6.45) is 2.97. The predicted molar refractivity (Wildman–Crippen MR) is 82.5 cm³/mol. The summed E-state index contributed by atoms with van der Waals surface area (Å²) in [4.78, 5) is 12.5. The van der Waals surface area contributed by atoms with Crippen LogP contribution in [0.25, 0.3) is 0 Å². The SMILES string of the molecule is CC(C)C1(C(=O)NCCCc2ccccc2)CCNC1. The third kappa shape index (κ3) is 3.40. The van der Waals surface area contributed by atoms with Crippen LogP contribution in [-0.2, 0) is 11.2 Å². The maximum Gasteiger partial charge on any atom is 0.227 e. The zero-order valence-electron chi connectivity index (χ0n) is 12.6. The highest BCUT2D eigenvalue weighted by Gasteiger charge is 2.43. The van der Waals surface area contributed by atoms with Gasteiger partial charge >= 0.3 is 0 Å². The van der Waals surface area contributed by atoms with Crippen molar-refractivity contribution in [2.24, 2.45) is 11.3 Å². The van der Waals surface area contributed by atoms with Crippen LogP contribution in [0.3, 0.4) is 0 Å². The second kappa shape index (κ2) is 6.89. The molecule has 3 nitrogen and oxygen atoms in total. The van der Waals surface area contributed by atoms with Crippen LogP contribution in [-0.4, -0.2) is 25.5 Å². The van der Waals surface area contributed by atoms with Crippen molar-refractivity contribution in [2.75, 3.05) is 19.6 Å². The number of carbonyl (C=O) groups excluding carboxylic acids is 1. The first kappa shape index (κ1) is 15.0. The summed E-state index contributed by atoms with van der Waals surface area (Å²) in [6, 6.07) is 10.4. The molecule has 1 atom stereocenters. The highest BCUT2D eigenvalue weighted by atomic mass is 16.2. The second-order valence-corrected chi connectivity index (χ2v) is 6.08. The molecule has 3 heteroatoms. The van der Waals surface area contributed by atoms with Crippen molar-refractivity contribution in [3.63, 3.8) is 0 Å². The molecule has 1 unspecified atom stereocenters. The number of amides is 1. The van der Waals surface area contributed by atoms with E-state index in [9.17, 15) is 4.79 Å². The van der Waals surface area contributed by atoms with Crippen LogP contribution in [0.2, 0.25) is 0 Å². The quantitative estimate of drug-likeness (QED) is 0.782. The van der Waals surface area contributed by atoms with Gasteiger partial charge in [-0.15, -0.1) is 0 Å². The molecule has 0 radical (unpaired) electrons. The molecule has 1 saturated heterocycles. The first-order valence-electron chi connectivity index (χ1n) is 7.68. The lowest BCUT2D eigenvalue weighted by molar-refractivity contribution is -0.132. The minimum absolute atomic E-state index is 0.202. The largest absolute Gasteiger partial charge is 0.356 e. The Labute approximate surface area is 122 Å². The molecule has 1 aliphatic heterocycles. The van der Waals surface area contributed by atoms with Gasteiger partial charge in [-0.1, -0.05) is 44.2 Å². The molecule has 1 aliphatic rings. The van der Waals surface area contributed by atoms with Crippen molar-refractivity contribution in [2.45, 2.75) is 33.1 Å². The fourth-order valence-electron chi connectivity index (χ4n) is 2.98. The average molecular weight is 274 g/mol. The number of nitrogens with one attached hydrogen (secondary N) is 2. The lowest BCUT2D eigenvalue weighted by Gasteiger charge is -2.31. The molecule has 1 aromatic rings. The second-order valence-electron chi connectivity index (χ2n) is 6.08. The van der Waals surface area contributed by atoms with Crippen molar-refractivity contribution >= 4 is 5.91 Å². The van der Waals surface area contributed by atoms with Crippen molar-refractivity contribution in [1.29, 1.82) is 0 Å². The zero-order valence-corrected chi connectivity index (χ0v) is 12.6. The number of benzene rings is 1. The van der Waals surface area contributed by atoms with Crippen molar-refractivity contribution in [1.82, 2.24) is 10.6 Å². The molecule has 1 amide bonds. The molecule has 1 heterocycles. The van der Waals surface area contributed by atoms with E-state index in [1.54, 1.807) is 0 Å². The van der Waals surface area contributed by atoms with E-state index in [0.717, 1.165) is 38.9 Å². The van der Waals surface area contributed by atoms with Crippen molar-refractivity contribution in [3.8, 4) is 0 Å². The molecule has 110 valence electrons. The van der Waals surface area contributed by atoms with Gasteiger partial charge in [0.2, 0.25) is 5.91 Å². The molecule has 0 bridgehead atoms. The smallest absolute Gasteiger partial charge is 0.227 e. The Balaban J connectivity index is 1.77. The molecule has 20 heavy (non-hydrogen) atoms. The summed E-state index contributed by atoms with van der Waals surface area (Å²) in [7, 11) is 0. The number of rotatable bonds is 6. The van der Waals surface area contributed by atoms with Gasteiger partial charge < -0.3 is 10.6 Å². The molecule has 2 rings (SSSR count). The van der Waals surface area contributed by atoms with E-state index in [1.165, 1.54) is 5.56 Å². The number of aryl methyl sites for hydroxylation is 1. The molecule has 2 N–H and O–H groups in total. The maximum absolute atomic E-state index is 12.5. The first-order chi connectivity index (χ1) is 9.65. The van der Waals surface area contributed by atoms with Gasteiger partial charge in [0, 0.05) is 13.1 Å². The van der Waals surface area contributed by atoms with E-state index in [1.807, 2.05) is 6.07 Å². The Bertz CT molecular complexity index is 422. The van der Waals surface area contributed by atoms with Gasteiger partial charge in [0.1, 0.15) is 0 Å². The van der Waals surface area contributed by atoms with E-state index < -0.39 is 0 Å². The Hall–Kier alpha value is -1.35. The zero-order chi connectivity index (χ0) is 14.4. The molecular weight excluding hydrogens is 248 g/mol. The predicted octanol–water partition coefficient (Wildman–Crippen LogP) is 2.37. The molecule has 0 saturated carbocycles. The maximum atomic E-state index is 12.5. The summed E-state index contributed by atoms with van der Waals surface area (Å²) in [5.74, 6) is 0.609. The van der Waals surface area contributed by atoms with Crippen LogP contribution >= 0.6 is 0 Å². The van der Waals surface area contributed by atoms with Gasteiger partial charge in [-0.25, -0.2) is 0 Å². The van der Waals surface area contributed by atoms with Gasteiger partial charge in [0.25, 0.3) is 0 Å². The fraction of sp³-hybridized carbons (Fsp3) is 0.588. The van der Waals surface area contributed by atoms with Crippen molar-refractivity contribution in [3.05, 3.63) is 35.9 Å². The average Bonchev–Trinajstić information content (AvgIpc) is 2.95. The standard InChI is InChI=1S/C17H26N2O/c1-14(2)17(10-12-18-13-17)16(20)19-11-6-9-15-7-4-3-5-8-15/h3-5,7-8,14,18H,6,9-13H2,1-2H3,(H,19,20). The summed E-state index contributed by atoms with van der Waals surface area (Å²) >= 11 is 0. The molecule has 1 aromatic carbocycles. The monoisotopic (exact) mass is 274 g/mol. The van der Waals surface area contributed by atoms with E-state index in [4.69, 9.17) is 0 Å². The minimum atomic E-state index is -0.202. The molecule has 0 aromatic heterocycles. The molecular formula is C17H26N2O. The summed E-state index contributed by atoms with van der Waals surface area (Å²) in [5, 5.41) is 6.47.